The lowest BCUT2D eigenvalue weighted by Gasteiger charge is -2.35. The molecular weight excluding hydrogens is 388 g/mol. The van der Waals surface area contributed by atoms with E-state index < -0.39 is 10.0 Å². The average molecular weight is 411 g/mol. The Bertz CT molecular complexity index is 962. The van der Waals surface area contributed by atoms with Crippen LogP contribution < -0.4 is 14.6 Å². The van der Waals surface area contributed by atoms with Crippen LogP contribution in [-0.4, -0.2) is 33.6 Å². The zero-order valence-corrected chi connectivity index (χ0v) is 17.1. The van der Waals surface area contributed by atoms with Gasteiger partial charge in [-0.2, -0.15) is 0 Å². The molecule has 0 aliphatic carbocycles. The Morgan fingerprint density at radius 2 is 1.93 bits per heavy atom. The molecule has 0 saturated carbocycles. The molecule has 0 bridgehead atoms. The van der Waals surface area contributed by atoms with Crippen LogP contribution in [0.1, 0.15) is 23.6 Å². The van der Waals surface area contributed by atoms with E-state index >= 15 is 0 Å². The lowest BCUT2D eigenvalue weighted by atomic mass is 9.94. The number of rotatable bonds is 5. The van der Waals surface area contributed by atoms with Gasteiger partial charge in [-0.1, -0.05) is 11.6 Å². The summed E-state index contributed by atoms with van der Waals surface area (Å²) < 4.78 is 34.2. The van der Waals surface area contributed by atoms with Crippen LogP contribution in [0.4, 0.5) is 0 Å². The number of primary sulfonamides is 1. The van der Waals surface area contributed by atoms with Crippen molar-refractivity contribution in [3.05, 3.63) is 52.0 Å². The third kappa shape index (κ3) is 4.21. The standard InChI is InChI=1S/C19H23ClN2O4S/c1-12-6-13-9-19(27(21,23)24)18(26-3)8-14(13)10-22(12)11-15-7-16(25-2)4-5-17(15)20/h4-5,7-9,12H,6,10-11H2,1-3H3,(H2,21,23,24). The average Bonchev–Trinajstić information content (AvgIpc) is 2.62. The molecule has 2 aromatic rings. The number of benzene rings is 2. The van der Waals surface area contributed by atoms with Crippen molar-refractivity contribution in [2.24, 2.45) is 5.14 Å². The van der Waals surface area contributed by atoms with E-state index in [1.807, 2.05) is 18.2 Å². The Kier molecular flexibility index (Phi) is 5.67. The lowest BCUT2D eigenvalue weighted by molar-refractivity contribution is 0.174. The molecule has 27 heavy (non-hydrogen) atoms. The van der Waals surface area contributed by atoms with E-state index in [-0.39, 0.29) is 16.7 Å². The van der Waals surface area contributed by atoms with Crippen LogP contribution in [0.15, 0.2) is 35.2 Å². The quantitative estimate of drug-likeness (QED) is 0.819. The maximum Gasteiger partial charge on any atom is 0.241 e. The summed E-state index contributed by atoms with van der Waals surface area (Å²) in [4.78, 5) is 2.32. The van der Waals surface area contributed by atoms with E-state index in [1.54, 1.807) is 19.2 Å². The SMILES string of the molecule is COc1ccc(Cl)c(CN2Cc3cc(OC)c(S(N)(=O)=O)cc3CC2C)c1. The number of ether oxygens (including phenoxy) is 2. The van der Waals surface area contributed by atoms with Crippen molar-refractivity contribution in [2.45, 2.75) is 37.4 Å². The van der Waals surface area contributed by atoms with Gasteiger partial charge in [-0.05, 0) is 60.4 Å². The molecule has 0 saturated heterocycles. The first-order valence-corrected chi connectivity index (χ1v) is 10.4. The Morgan fingerprint density at radius 1 is 1.19 bits per heavy atom. The highest BCUT2D eigenvalue weighted by Crippen LogP contribution is 2.33. The van der Waals surface area contributed by atoms with Crippen LogP contribution in [-0.2, 0) is 29.5 Å². The topological polar surface area (TPSA) is 81.9 Å². The number of methoxy groups -OCH3 is 2. The van der Waals surface area contributed by atoms with Crippen LogP contribution >= 0.6 is 11.6 Å². The van der Waals surface area contributed by atoms with E-state index in [0.29, 0.717) is 24.5 Å². The van der Waals surface area contributed by atoms with Crippen molar-refractivity contribution in [3.8, 4) is 11.5 Å². The van der Waals surface area contributed by atoms with Crippen LogP contribution in [0.3, 0.4) is 0 Å². The maximum absolute atomic E-state index is 11.8. The molecule has 6 nitrogen and oxygen atoms in total. The molecule has 1 heterocycles. The van der Waals surface area contributed by atoms with Crippen LogP contribution in [0.25, 0.3) is 0 Å². The van der Waals surface area contributed by atoms with Crippen LogP contribution in [0.2, 0.25) is 5.02 Å². The van der Waals surface area contributed by atoms with Gasteiger partial charge < -0.3 is 9.47 Å². The largest absolute Gasteiger partial charge is 0.497 e. The van der Waals surface area contributed by atoms with Gasteiger partial charge in [0.05, 0.1) is 14.2 Å². The molecule has 0 aromatic heterocycles. The van der Waals surface area contributed by atoms with Crippen LogP contribution in [0.5, 0.6) is 11.5 Å². The first-order valence-electron chi connectivity index (χ1n) is 8.52. The van der Waals surface area contributed by atoms with E-state index in [4.69, 9.17) is 26.2 Å². The Labute approximate surface area is 164 Å². The number of nitrogens with two attached hydrogens (primary N) is 1. The molecule has 146 valence electrons. The second kappa shape index (κ2) is 7.67. The van der Waals surface area contributed by atoms with Gasteiger partial charge in [0.25, 0.3) is 0 Å². The number of halogens is 1. The Morgan fingerprint density at radius 3 is 2.56 bits per heavy atom. The highest BCUT2D eigenvalue weighted by atomic mass is 35.5. The van der Waals surface area contributed by atoms with Crippen molar-refractivity contribution >= 4 is 21.6 Å². The van der Waals surface area contributed by atoms with Gasteiger partial charge in [0, 0.05) is 24.2 Å². The predicted octanol–water partition coefficient (Wildman–Crippen LogP) is 2.95. The first kappa shape index (κ1) is 19.9. The van der Waals surface area contributed by atoms with Crippen molar-refractivity contribution in [3.63, 3.8) is 0 Å². The molecule has 2 aromatic carbocycles. The van der Waals surface area contributed by atoms with Gasteiger partial charge >= 0.3 is 0 Å². The zero-order chi connectivity index (χ0) is 19.8. The summed E-state index contributed by atoms with van der Waals surface area (Å²) in [6.07, 6.45) is 0.712. The Hall–Kier alpha value is -1.80. The summed E-state index contributed by atoms with van der Waals surface area (Å²) in [5.74, 6) is 1.03. The van der Waals surface area contributed by atoms with Gasteiger partial charge in [0.1, 0.15) is 16.4 Å². The molecule has 3 rings (SSSR count). The van der Waals surface area contributed by atoms with Crippen molar-refractivity contribution in [2.75, 3.05) is 14.2 Å². The molecule has 1 atom stereocenters. The summed E-state index contributed by atoms with van der Waals surface area (Å²) in [7, 11) is -0.775. The summed E-state index contributed by atoms with van der Waals surface area (Å²) in [6.45, 7) is 3.43. The molecular formula is C19H23ClN2O4S. The fourth-order valence-corrected chi connectivity index (χ4v) is 4.32. The molecule has 0 amide bonds. The van der Waals surface area contributed by atoms with Crippen LogP contribution in [0, 0.1) is 0 Å². The molecule has 0 spiro atoms. The number of nitrogens with zero attached hydrogens (tertiary/aromatic N) is 1. The van der Waals surface area contributed by atoms with Gasteiger partial charge in [0.15, 0.2) is 0 Å². The molecule has 1 aliphatic heterocycles. The lowest BCUT2D eigenvalue weighted by Crippen LogP contribution is -2.38. The minimum absolute atomic E-state index is 0.0280. The van der Waals surface area contributed by atoms with E-state index in [2.05, 4.69) is 11.8 Å². The molecule has 0 fully saturated rings. The van der Waals surface area contributed by atoms with Gasteiger partial charge in [-0.15, -0.1) is 0 Å². The molecule has 8 heteroatoms. The maximum atomic E-state index is 11.8. The van der Waals surface area contributed by atoms with Crippen molar-refractivity contribution < 1.29 is 17.9 Å². The molecule has 0 radical (unpaired) electrons. The number of fused-ring (bicyclic) bond motifs is 1. The fourth-order valence-electron chi connectivity index (χ4n) is 3.41. The van der Waals surface area contributed by atoms with E-state index in [1.165, 1.54) is 7.11 Å². The predicted molar refractivity (Wildman–Crippen MR) is 105 cm³/mol. The third-order valence-electron chi connectivity index (χ3n) is 4.93. The normalized spacial score (nSPS) is 17.4. The van der Waals surface area contributed by atoms with Crippen molar-refractivity contribution in [1.29, 1.82) is 0 Å². The van der Waals surface area contributed by atoms with Gasteiger partial charge in [0.2, 0.25) is 10.0 Å². The van der Waals surface area contributed by atoms with Gasteiger partial charge in [-0.25, -0.2) is 13.6 Å². The molecule has 1 aliphatic rings. The third-order valence-corrected chi connectivity index (χ3v) is 6.23. The van der Waals surface area contributed by atoms with Crippen molar-refractivity contribution in [1.82, 2.24) is 4.90 Å². The van der Waals surface area contributed by atoms with Gasteiger partial charge in [-0.3, -0.25) is 4.90 Å². The molecule has 2 N–H and O–H groups in total. The summed E-state index contributed by atoms with van der Waals surface area (Å²) in [6, 6.07) is 9.22. The number of hydrogen-bond donors (Lipinski definition) is 1. The first-order chi connectivity index (χ1) is 12.7. The summed E-state index contributed by atoms with van der Waals surface area (Å²) >= 11 is 6.36. The summed E-state index contributed by atoms with van der Waals surface area (Å²) in [5.41, 5.74) is 2.98. The second-order valence-corrected chi connectivity index (χ2v) is 8.67. The van der Waals surface area contributed by atoms with E-state index in [9.17, 15) is 8.42 Å². The Balaban J connectivity index is 1.92. The number of sulfonamides is 1. The minimum Gasteiger partial charge on any atom is -0.497 e. The monoisotopic (exact) mass is 410 g/mol. The zero-order valence-electron chi connectivity index (χ0n) is 15.5. The highest BCUT2D eigenvalue weighted by molar-refractivity contribution is 7.89. The minimum atomic E-state index is -3.84. The number of hydrogen-bond acceptors (Lipinski definition) is 5. The second-order valence-electron chi connectivity index (χ2n) is 6.73. The van der Waals surface area contributed by atoms with E-state index in [0.717, 1.165) is 22.4 Å². The molecule has 1 unspecified atom stereocenters. The summed E-state index contributed by atoms with van der Waals surface area (Å²) in [5, 5.41) is 6.02. The highest BCUT2D eigenvalue weighted by Gasteiger charge is 2.27. The smallest absolute Gasteiger partial charge is 0.241 e. The fraction of sp³-hybridized carbons (Fsp3) is 0.368.